The van der Waals surface area contributed by atoms with E-state index < -0.39 is 35.1 Å². The predicted octanol–water partition coefficient (Wildman–Crippen LogP) is 3.15. The molecule has 0 radical (unpaired) electrons. The molecule has 0 aliphatic carbocycles. The average Bonchev–Trinajstić information content (AvgIpc) is 3.06. The van der Waals surface area contributed by atoms with Gasteiger partial charge < -0.3 is 14.8 Å². The maximum Gasteiger partial charge on any atom is 0.411 e. The van der Waals surface area contributed by atoms with Gasteiger partial charge in [0.25, 0.3) is 0 Å². The molecule has 2 aliphatic rings. The lowest BCUT2D eigenvalue weighted by atomic mass is 10.0. The van der Waals surface area contributed by atoms with Crippen LogP contribution in [0.15, 0.2) is 18.2 Å². The molecule has 2 saturated heterocycles. The number of carbonyl (C=O) groups excluding carboxylic acids is 2. The molecular formula is C22H30ClF2N3O4. The molecule has 3 rings (SSSR count). The Morgan fingerprint density at radius 2 is 2.00 bits per heavy atom. The molecule has 2 heterocycles. The summed E-state index contributed by atoms with van der Waals surface area (Å²) < 4.78 is 40.7. The Morgan fingerprint density at radius 3 is 2.66 bits per heavy atom. The zero-order valence-electron chi connectivity index (χ0n) is 18.6. The normalized spacial score (nSPS) is 24.4. The summed E-state index contributed by atoms with van der Waals surface area (Å²) in [4.78, 5) is 28.8. The summed E-state index contributed by atoms with van der Waals surface area (Å²) in [5.41, 5.74) is -2.38. The Labute approximate surface area is 192 Å². The quantitative estimate of drug-likeness (QED) is 0.711. The first-order valence-electron chi connectivity index (χ1n) is 10.7. The van der Waals surface area contributed by atoms with E-state index in [1.54, 1.807) is 26.8 Å². The third kappa shape index (κ3) is 6.30. The largest absolute Gasteiger partial charge is 0.444 e. The van der Waals surface area contributed by atoms with Crippen molar-refractivity contribution in [2.75, 3.05) is 39.4 Å². The molecule has 0 spiro atoms. The molecule has 178 valence electrons. The van der Waals surface area contributed by atoms with Gasteiger partial charge in [-0.15, -0.1) is 0 Å². The number of morpholine rings is 1. The highest BCUT2D eigenvalue weighted by Gasteiger charge is 2.51. The van der Waals surface area contributed by atoms with Crippen LogP contribution in [0.25, 0.3) is 0 Å². The van der Waals surface area contributed by atoms with Crippen molar-refractivity contribution in [3.8, 4) is 0 Å². The molecule has 1 aromatic rings. The fourth-order valence-corrected chi connectivity index (χ4v) is 4.14. The number of halogens is 3. The topological polar surface area (TPSA) is 71.1 Å². The first kappa shape index (κ1) is 24.7. The number of amides is 2. The zero-order chi connectivity index (χ0) is 23.5. The lowest BCUT2D eigenvalue weighted by Gasteiger charge is -2.32. The first-order valence-corrected chi connectivity index (χ1v) is 11.0. The molecule has 32 heavy (non-hydrogen) atoms. The van der Waals surface area contributed by atoms with Crippen molar-refractivity contribution in [1.82, 2.24) is 15.1 Å². The summed E-state index contributed by atoms with van der Waals surface area (Å²) in [5, 5.41) is 2.56. The van der Waals surface area contributed by atoms with Crippen LogP contribution in [0.3, 0.4) is 0 Å². The van der Waals surface area contributed by atoms with Crippen molar-refractivity contribution >= 4 is 23.6 Å². The van der Waals surface area contributed by atoms with Gasteiger partial charge in [-0.25, -0.2) is 13.6 Å². The van der Waals surface area contributed by atoms with E-state index >= 15 is 4.39 Å². The van der Waals surface area contributed by atoms with Gasteiger partial charge in [0.1, 0.15) is 23.1 Å². The molecule has 10 heteroatoms. The fraction of sp³-hybridized carbons (Fsp3) is 0.636. The third-order valence-corrected chi connectivity index (χ3v) is 5.71. The number of hydrogen-bond acceptors (Lipinski definition) is 5. The average molecular weight is 474 g/mol. The number of carbonyl (C=O) groups is 2. The van der Waals surface area contributed by atoms with Crippen LogP contribution in [-0.2, 0) is 20.8 Å². The molecule has 2 aliphatic heterocycles. The number of ether oxygens (including phenoxy) is 2. The summed E-state index contributed by atoms with van der Waals surface area (Å²) in [7, 11) is 0. The van der Waals surface area contributed by atoms with Gasteiger partial charge in [-0.2, -0.15) is 0 Å². The van der Waals surface area contributed by atoms with Gasteiger partial charge in [-0.05, 0) is 26.8 Å². The van der Waals surface area contributed by atoms with Crippen LogP contribution in [-0.4, -0.2) is 78.5 Å². The minimum Gasteiger partial charge on any atom is -0.444 e. The van der Waals surface area contributed by atoms with E-state index in [0.717, 1.165) is 4.90 Å². The molecular weight excluding hydrogens is 444 g/mol. The highest BCUT2D eigenvalue weighted by Crippen LogP contribution is 2.33. The number of nitrogens with zero attached hydrogens (tertiary/aromatic N) is 2. The van der Waals surface area contributed by atoms with Crippen LogP contribution in [0.4, 0.5) is 13.6 Å². The molecule has 0 saturated carbocycles. The van der Waals surface area contributed by atoms with Gasteiger partial charge in [0.15, 0.2) is 0 Å². The predicted molar refractivity (Wildman–Crippen MR) is 116 cm³/mol. The summed E-state index contributed by atoms with van der Waals surface area (Å²) in [6.07, 6.45) is -0.930. The minimum atomic E-state index is -1.78. The van der Waals surface area contributed by atoms with Gasteiger partial charge in [0, 0.05) is 38.2 Å². The second-order valence-corrected chi connectivity index (χ2v) is 9.71. The van der Waals surface area contributed by atoms with Gasteiger partial charge in [-0.3, -0.25) is 14.6 Å². The molecule has 7 nitrogen and oxygen atoms in total. The summed E-state index contributed by atoms with van der Waals surface area (Å²) in [5.74, 6) is -1.20. The molecule has 2 amide bonds. The summed E-state index contributed by atoms with van der Waals surface area (Å²) in [6, 6.07) is 3.41. The second-order valence-electron chi connectivity index (χ2n) is 9.30. The van der Waals surface area contributed by atoms with Crippen molar-refractivity contribution < 1.29 is 27.8 Å². The minimum absolute atomic E-state index is 0.0544. The van der Waals surface area contributed by atoms with E-state index in [0.29, 0.717) is 26.3 Å². The van der Waals surface area contributed by atoms with E-state index in [4.69, 9.17) is 21.1 Å². The Balaban J connectivity index is 1.73. The van der Waals surface area contributed by atoms with Crippen molar-refractivity contribution in [3.05, 3.63) is 34.6 Å². The lowest BCUT2D eigenvalue weighted by Crippen LogP contribution is -2.48. The summed E-state index contributed by atoms with van der Waals surface area (Å²) in [6.45, 7) is 7.00. The van der Waals surface area contributed by atoms with Crippen molar-refractivity contribution in [2.45, 2.75) is 51.0 Å². The monoisotopic (exact) mass is 473 g/mol. The maximum atomic E-state index is 15.8. The zero-order valence-corrected chi connectivity index (χ0v) is 19.4. The molecule has 2 fully saturated rings. The molecule has 1 N–H and O–H groups in total. The van der Waals surface area contributed by atoms with E-state index in [1.165, 1.54) is 12.1 Å². The number of benzene rings is 1. The Kier molecular flexibility index (Phi) is 7.62. The number of hydrogen-bond donors (Lipinski definition) is 1. The van der Waals surface area contributed by atoms with Crippen molar-refractivity contribution in [2.24, 2.45) is 0 Å². The first-order chi connectivity index (χ1) is 15.0. The van der Waals surface area contributed by atoms with Crippen molar-refractivity contribution in [3.63, 3.8) is 0 Å². The van der Waals surface area contributed by atoms with E-state index in [2.05, 4.69) is 5.32 Å². The third-order valence-electron chi connectivity index (χ3n) is 5.42. The van der Waals surface area contributed by atoms with Gasteiger partial charge in [0.05, 0.1) is 24.8 Å². The van der Waals surface area contributed by atoms with Crippen LogP contribution in [0.5, 0.6) is 0 Å². The molecule has 0 unspecified atom stereocenters. The smallest absolute Gasteiger partial charge is 0.411 e. The SMILES string of the molecule is CC(C)(C)OC(=O)N1C[C@@](F)(CN2CCOCC2)C[C@H]1C(=O)NCc1cccc(Cl)c1F. The Hall–Kier alpha value is -1.97. The molecule has 2 atom stereocenters. The van der Waals surface area contributed by atoms with Crippen molar-refractivity contribution in [1.29, 1.82) is 0 Å². The number of rotatable bonds is 5. The lowest BCUT2D eigenvalue weighted by molar-refractivity contribution is -0.125. The number of nitrogens with one attached hydrogen (secondary N) is 1. The molecule has 0 bridgehead atoms. The summed E-state index contributed by atoms with van der Waals surface area (Å²) >= 11 is 5.79. The second kappa shape index (κ2) is 9.89. The standard InChI is InChI=1S/C22H30ClF2N3O4/c1-21(2,3)32-20(30)28-14-22(25,13-27-7-9-31-10-8-27)11-17(28)19(29)26-12-15-5-4-6-16(23)18(15)24/h4-6,17H,7-14H2,1-3H3,(H,26,29)/t17-,22-/m0/s1. The molecule has 0 aromatic heterocycles. The highest BCUT2D eigenvalue weighted by atomic mass is 35.5. The number of likely N-dealkylation sites (tertiary alicyclic amines) is 1. The van der Waals surface area contributed by atoms with Crippen LogP contribution < -0.4 is 5.32 Å². The van der Waals surface area contributed by atoms with Gasteiger partial charge in [0.2, 0.25) is 5.91 Å². The van der Waals surface area contributed by atoms with E-state index in [9.17, 15) is 14.0 Å². The van der Waals surface area contributed by atoms with Gasteiger partial charge in [-0.1, -0.05) is 23.7 Å². The fourth-order valence-electron chi connectivity index (χ4n) is 3.94. The Bertz CT molecular complexity index is 845. The maximum absolute atomic E-state index is 15.8. The highest BCUT2D eigenvalue weighted by molar-refractivity contribution is 6.30. The Morgan fingerprint density at radius 1 is 1.31 bits per heavy atom. The van der Waals surface area contributed by atoms with E-state index in [-0.39, 0.29) is 36.6 Å². The van der Waals surface area contributed by atoms with Crippen LogP contribution >= 0.6 is 11.6 Å². The van der Waals surface area contributed by atoms with Crippen LogP contribution in [0, 0.1) is 5.82 Å². The van der Waals surface area contributed by atoms with E-state index in [1.807, 2.05) is 4.90 Å². The van der Waals surface area contributed by atoms with Gasteiger partial charge >= 0.3 is 6.09 Å². The van der Waals surface area contributed by atoms with Crippen LogP contribution in [0.1, 0.15) is 32.8 Å². The number of alkyl halides is 1. The molecule has 1 aromatic carbocycles. The van der Waals surface area contributed by atoms with Crippen LogP contribution in [0.2, 0.25) is 5.02 Å².